The maximum Gasteiger partial charge on any atom is 0.234 e. The number of hydrogen-bond acceptors (Lipinski definition) is 4. The molecule has 4 atom stereocenters. The number of carbonyl (C=O) groups excluding carboxylic acids is 1. The lowest BCUT2D eigenvalue weighted by atomic mass is 9.62. The Morgan fingerprint density at radius 1 is 1.29 bits per heavy atom. The molecule has 0 bridgehead atoms. The monoisotopic (exact) mass is 375 g/mol. The molecule has 0 amide bonds. The SMILES string of the molecule is C[C@@]12C=CC(=O)[C@H]3c4c(n(-c5ncccn5)c5ccc(F)cc45)C[C@@H](CO1)[C@H]32. The average molecular weight is 375 g/mol. The van der Waals surface area contributed by atoms with Crippen molar-refractivity contribution < 1.29 is 13.9 Å². The topological polar surface area (TPSA) is 57.0 Å². The molecular weight excluding hydrogens is 357 g/mol. The van der Waals surface area contributed by atoms with Crippen LogP contribution in [-0.2, 0) is 16.0 Å². The molecule has 0 N–H and O–H groups in total. The maximum absolute atomic E-state index is 14.2. The minimum Gasteiger partial charge on any atom is -0.371 e. The molecule has 1 saturated heterocycles. The molecular formula is C22H18FN3O2. The zero-order valence-corrected chi connectivity index (χ0v) is 15.3. The summed E-state index contributed by atoms with van der Waals surface area (Å²) in [5.41, 5.74) is 2.29. The summed E-state index contributed by atoms with van der Waals surface area (Å²) in [6, 6.07) is 6.51. The first-order chi connectivity index (χ1) is 13.6. The van der Waals surface area contributed by atoms with Gasteiger partial charge < -0.3 is 4.74 Å². The lowest BCUT2D eigenvalue weighted by Crippen LogP contribution is -2.44. The molecule has 6 rings (SSSR count). The van der Waals surface area contributed by atoms with E-state index in [-0.39, 0.29) is 29.4 Å². The average Bonchev–Trinajstić information content (AvgIpc) is 3.21. The molecule has 3 aliphatic rings. The van der Waals surface area contributed by atoms with Crippen LogP contribution in [0, 0.1) is 17.7 Å². The van der Waals surface area contributed by atoms with E-state index in [0.29, 0.717) is 12.6 Å². The van der Waals surface area contributed by atoms with Gasteiger partial charge in [0.25, 0.3) is 0 Å². The Kier molecular flexibility index (Phi) is 3.08. The molecule has 1 fully saturated rings. The quantitative estimate of drug-likeness (QED) is 0.654. The predicted octanol–water partition coefficient (Wildman–Crippen LogP) is 3.36. The van der Waals surface area contributed by atoms with Crippen molar-refractivity contribution in [3.05, 3.63) is 65.9 Å². The summed E-state index contributed by atoms with van der Waals surface area (Å²) in [7, 11) is 0. The fourth-order valence-corrected chi connectivity index (χ4v) is 5.52. The van der Waals surface area contributed by atoms with Gasteiger partial charge >= 0.3 is 0 Å². The lowest BCUT2D eigenvalue weighted by Gasteiger charge is -2.41. The number of hydrogen-bond donors (Lipinski definition) is 0. The van der Waals surface area contributed by atoms with Crippen molar-refractivity contribution >= 4 is 16.7 Å². The summed E-state index contributed by atoms with van der Waals surface area (Å²) in [5, 5.41) is 0.767. The predicted molar refractivity (Wildman–Crippen MR) is 101 cm³/mol. The number of aromatic nitrogens is 3. The molecule has 0 radical (unpaired) electrons. The van der Waals surface area contributed by atoms with Gasteiger partial charge in [0.2, 0.25) is 5.95 Å². The second kappa shape index (κ2) is 5.35. The van der Waals surface area contributed by atoms with Gasteiger partial charge in [0.1, 0.15) is 5.82 Å². The Bertz CT molecular complexity index is 1170. The minimum atomic E-state index is -0.452. The normalized spacial score (nSPS) is 30.5. The van der Waals surface area contributed by atoms with Crippen LogP contribution in [0.25, 0.3) is 16.9 Å². The highest BCUT2D eigenvalue weighted by Gasteiger charge is 2.56. The van der Waals surface area contributed by atoms with E-state index in [9.17, 15) is 9.18 Å². The van der Waals surface area contributed by atoms with Crippen molar-refractivity contribution in [1.29, 1.82) is 0 Å². The third-order valence-corrected chi connectivity index (χ3v) is 6.61. The Balaban J connectivity index is 1.71. The fraction of sp³-hybridized carbons (Fsp3) is 0.318. The van der Waals surface area contributed by atoms with E-state index in [1.54, 1.807) is 30.6 Å². The molecule has 6 heteroatoms. The van der Waals surface area contributed by atoms with Crippen LogP contribution >= 0.6 is 0 Å². The van der Waals surface area contributed by atoms with Crippen molar-refractivity contribution in [2.75, 3.05) is 6.61 Å². The van der Waals surface area contributed by atoms with Crippen molar-refractivity contribution in [3.63, 3.8) is 0 Å². The number of fused-ring (bicyclic) bond motifs is 4. The fourth-order valence-electron chi connectivity index (χ4n) is 5.52. The summed E-state index contributed by atoms with van der Waals surface area (Å²) in [6.07, 6.45) is 7.68. The third-order valence-electron chi connectivity index (χ3n) is 6.61. The number of halogens is 1. The van der Waals surface area contributed by atoms with Crippen LogP contribution in [0.2, 0.25) is 0 Å². The first-order valence-electron chi connectivity index (χ1n) is 9.54. The molecule has 140 valence electrons. The van der Waals surface area contributed by atoms with E-state index in [0.717, 1.165) is 28.6 Å². The van der Waals surface area contributed by atoms with Crippen LogP contribution in [0.4, 0.5) is 4.39 Å². The van der Waals surface area contributed by atoms with Crippen LogP contribution in [0.3, 0.4) is 0 Å². The van der Waals surface area contributed by atoms with Crippen LogP contribution in [-0.4, -0.2) is 32.5 Å². The molecule has 2 aromatic heterocycles. The van der Waals surface area contributed by atoms with E-state index < -0.39 is 5.60 Å². The zero-order chi connectivity index (χ0) is 19.0. The first-order valence-corrected chi connectivity index (χ1v) is 9.54. The molecule has 1 aliphatic heterocycles. The molecule has 0 spiro atoms. The van der Waals surface area contributed by atoms with Gasteiger partial charge in [-0.3, -0.25) is 9.36 Å². The van der Waals surface area contributed by atoms with Crippen LogP contribution in [0.5, 0.6) is 0 Å². The number of ether oxygens (including phenoxy) is 1. The molecule has 2 aliphatic carbocycles. The Morgan fingerprint density at radius 2 is 2.11 bits per heavy atom. The van der Waals surface area contributed by atoms with Gasteiger partial charge in [0, 0.05) is 29.4 Å². The lowest BCUT2D eigenvalue weighted by molar-refractivity contribution is -0.120. The van der Waals surface area contributed by atoms with Crippen LogP contribution in [0.1, 0.15) is 24.1 Å². The highest BCUT2D eigenvalue weighted by atomic mass is 19.1. The van der Waals surface area contributed by atoms with Crippen LogP contribution < -0.4 is 0 Å². The van der Waals surface area contributed by atoms with Crippen molar-refractivity contribution in [2.45, 2.75) is 24.9 Å². The van der Waals surface area contributed by atoms with E-state index in [1.165, 1.54) is 12.1 Å². The van der Waals surface area contributed by atoms with E-state index in [2.05, 4.69) is 16.9 Å². The summed E-state index contributed by atoms with van der Waals surface area (Å²) in [4.78, 5) is 21.9. The summed E-state index contributed by atoms with van der Waals surface area (Å²) < 4.78 is 22.3. The van der Waals surface area contributed by atoms with Gasteiger partial charge in [-0.15, -0.1) is 0 Å². The summed E-state index contributed by atoms with van der Waals surface area (Å²) in [5.74, 6) is 0.258. The van der Waals surface area contributed by atoms with Crippen molar-refractivity contribution in [1.82, 2.24) is 14.5 Å². The Morgan fingerprint density at radius 3 is 2.93 bits per heavy atom. The van der Waals surface area contributed by atoms with E-state index >= 15 is 0 Å². The number of rotatable bonds is 1. The Labute approximate surface area is 160 Å². The van der Waals surface area contributed by atoms with E-state index in [1.807, 2.05) is 10.6 Å². The highest BCUT2D eigenvalue weighted by Crippen LogP contribution is 2.55. The largest absolute Gasteiger partial charge is 0.371 e. The molecule has 0 saturated carbocycles. The van der Waals surface area contributed by atoms with Crippen LogP contribution in [0.15, 0.2) is 48.8 Å². The smallest absolute Gasteiger partial charge is 0.234 e. The second-order valence-corrected chi connectivity index (χ2v) is 8.10. The number of ketones is 1. The van der Waals surface area contributed by atoms with Gasteiger partial charge in [-0.05, 0) is 61.2 Å². The van der Waals surface area contributed by atoms with Crippen molar-refractivity contribution in [3.8, 4) is 5.95 Å². The molecule has 1 aromatic carbocycles. The second-order valence-electron chi connectivity index (χ2n) is 8.10. The molecule has 28 heavy (non-hydrogen) atoms. The summed E-state index contributed by atoms with van der Waals surface area (Å²) >= 11 is 0. The maximum atomic E-state index is 14.2. The van der Waals surface area contributed by atoms with Gasteiger partial charge in [-0.2, -0.15) is 0 Å². The third kappa shape index (κ3) is 1.96. The number of nitrogens with zero attached hydrogens (tertiary/aromatic N) is 3. The number of allylic oxidation sites excluding steroid dienone is 1. The first kappa shape index (κ1) is 16.1. The van der Waals surface area contributed by atoms with Crippen molar-refractivity contribution in [2.24, 2.45) is 11.8 Å². The highest BCUT2D eigenvalue weighted by molar-refractivity contribution is 6.02. The van der Waals surface area contributed by atoms with Gasteiger partial charge in [-0.25, -0.2) is 14.4 Å². The molecule has 3 aromatic rings. The zero-order valence-electron chi connectivity index (χ0n) is 15.3. The molecule has 0 unspecified atom stereocenters. The van der Waals surface area contributed by atoms with Gasteiger partial charge in [0.15, 0.2) is 5.78 Å². The summed E-state index contributed by atoms with van der Waals surface area (Å²) in [6.45, 7) is 2.67. The van der Waals surface area contributed by atoms with Gasteiger partial charge in [-0.1, -0.05) is 0 Å². The molecule has 5 nitrogen and oxygen atoms in total. The minimum absolute atomic E-state index is 0.0659. The molecule has 3 heterocycles. The van der Waals surface area contributed by atoms with E-state index in [4.69, 9.17) is 4.74 Å². The standard InChI is InChI=1S/C22H18FN3O2/c1-22-6-5-17(27)19-18-14-10-13(23)3-4-15(14)26(21-24-7-2-8-25-21)16(18)9-12(11-28-22)20(19)22/h2-8,10,12,19-20H,9,11H2,1H3/t12-,19-,20+,22-/m0/s1. The number of carbonyl (C=O) groups is 1. The Hall–Kier alpha value is -2.86. The number of benzene rings is 1. The van der Waals surface area contributed by atoms with Gasteiger partial charge in [0.05, 0.1) is 23.6 Å².